The molecule has 3 heterocycles. The molecule has 3 aromatic rings. The number of aromatic nitrogens is 2. The molecule has 0 spiro atoms. The zero-order valence-corrected chi connectivity index (χ0v) is 20.5. The van der Waals surface area contributed by atoms with E-state index in [2.05, 4.69) is 40.8 Å². The number of hydrogen-bond acceptors (Lipinski definition) is 6. The smallest absolute Gasteiger partial charge is 0.147 e. The van der Waals surface area contributed by atoms with Crippen LogP contribution in [0.25, 0.3) is 16.8 Å². The molecule has 0 bridgehead atoms. The number of imidazole rings is 1. The molecule has 1 unspecified atom stereocenters. The minimum absolute atomic E-state index is 0.558. The van der Waals surface area contributed by atoms with Gasteiger partial charge in [-0.3, -0.25) is 4.40 Å². The molecule has 1 aliphatic rings. The summed E-state index contributed by atoms with van der Waals surface area (Å²) in [6.07, 6.45) is 6.41. The monoisotopic (exact) mass is 455 g/mol. The first-order valence-electron chi connectivity index (χ1n) is 11.2. The predicted octanol–water partition coefficient (Wildman–Crippen LogP) is 5.30. The summed E-state index contributed by atoms with van der Waals surface area (Å²) in [5, 5.41) is 1.04. The van der Waals surface area contributed by atoms with E-state index in [4.69, 9.17) is 19.2 Å². The van der Waals surface area contributed by atoms with Crippen molar-refractivity contribution in [1.82, 2.24) is 9.38 Å². The quantitative estimate of drug-likeness (QED) is 0.408. The van der Waals surface area contributed by atoms with E-state index < -0.39 is 0 Å². The lowest BCUT2D eigenvalue weighted by Crippen LogP contribution is -2.32. The Morgan fingerprint density at radius 3 is 2.59 bits per heavy atom. The summed E-state index contributed by atoms with van der Waals surface area (Å²) in [6, 6.07) is 8.27. The second-order valence-corrected chi connectivity index (χ2v) is 9.08. The molecular formula is C25H33N3O3S. The van der Waals surface area contributed by atoms with Crippen molar-refractivity contribution < 1.29 is 14.2 Å². The van der Waals surface area contributed by atoms with Crippen LogP contribution in [0.4, 0.5) is 5.82 Å². The van der Waals surface area contributed by atoms with Crippen LogP contribution in [0.1, 0.15) is 25.3 Å². The summed E-state index contributed by atoms with van der Waals surface area (Å²) in [5.74, 6) is 3.30. The molecule has 1 aliphatic heterocycles. The number of thioether (sulfide) groups is 1. The van der Waals surface area contributed by atoms with Gasteiger partial charge >= 0.3 is 0 Å². The molecule has 0 amide bonds. The second-order valence-electron chi connectivity index (χ2n) is 8.28. The molecule has 1 atom stereocenters. The Morgan fingerprint density at radius 1 is 1.25 bits per heavy atom. The fourth-order valence-corrected chi connectivity index (χ4v) is 5.14. The van der Waals surface area contributed by atoms with Crippen molar-refractivity contribution in [2.45, 2.75) is 31.7 Å². The summed E-state index contributed by atoms with van der Waals surface area (Å²) in [5.41, 5.74) is 3.94. The minimum Gasteiger partial charge on any atom is -0.496 e. The van der Waals surface area contributed by atoms with Gasteiger partial charge in [0.2, 0.25) is 0 Å². The molecule has 4 rings (SSSR count). The first-order valence-corrected chi connectivity index (χ1v) is 12.4. The average molecular weight is 456 g/mol. The van der Waals surface area contributed by atoms with Crippen LogP contribution in [-0.4, -0.2) is 56.2 Å². The summed E-state index contributed by atoms with van der Waals surface area (Å²) in [7, 11) is 3.41. The van der Waals surface area contributed by atoms with E-state index >= 15 is 0 Å². The third-order valence-electron chi connectivity index (χ3n) is 6.00. The molecule has 0 saturated carbocycles. The molecule has 1 saturated heterocycles. The zero-order chi connectivity index (χ0) is 22.7. The van der Waals surface area contributed by atoms with Gasteiger partial charge in [0.05, 0.1) is 26.4 Å². The van der Waals surface area contributed by atoms with Crippen LogP contribution >= 0.6 is 11.8 Å². The molecule has 6 nitrogen and oxygen atoms in total. The lowest BCUT2D eigenvalue weighted by Gasteiger charge is -2.27. The third-order valence-corrected chi connectivity index (χ3v) is 6.66. The van der Waals surface area contributed by atoms with Crippen molar-refractivity contribution >= 4 is 23.2 Å². The lowest BCUT2D eigenvalue weighted by molar-refractivity contribution is 0.186. The summed E-state index contributed by atoms with van der Waals surface area (Å²) < 4.78 is 19.4. The Morgan fingerprint density at radius 2 is 2.00 bits per heavy atom. The number of hydrogen-bond donors (Lipinski definition) is 0. The molecular weight excluding hydrogens is 422 g/mol. The Kier molecular flexibility index (Phi) is 7.16. The minimum atomic E-state index is 0.558. The zero-order valence-electron chi connectivity index (χ0n) is 19.7. The highest BCUT2D eigenvalue weighted by Crippen LogP contribution is 2.43. The Labute approximate surface area is 194 Å². The fraction of sp³-hybridized carbons (Fsp3) is 0.480. The standard InChI is InChI=1S/C25H33N3O3S/c1-6-10-27(15-18-9-12-31-16-18)25-24(32-5)26-23-19(8-7-11-28(23)25)22-20(29-3)13-17(2)14-21(22)30-4/h7-8,11,13-14,18H,6,9-10,12,15-16H2,1-5H3. The maximum absolute atomic E-state index is 5.76. The van der Waals surface area contributed by atoms with Gasteiger partial charge in [0, 0.05) is 37.4 Å². The number of anilines is 1. The number of aryl methyl sites for hydroxylation is 1. The highest BCUT2D eigenvalue weighted by atomic mass is 32.2. The van der Waals surface area contributed by atoms with Gasteiger partial charge in [0.15, 0.2) is 0 Å². The molecule has 1 aromatic carbocycles. The van der Waals surface area contributed by atoms with Gasteiger partial charge in [-0.25, -0.2) is 4.98 Å². The maximum atomic E-state index is 5.76. The Bertz CT molecular complexity index is 1050. The topological polar surface area (TPSA) is 48.2 Å². The van der Waals surface area contributed by atoms with Crippen molar-refractivity contribution in [1.29, 1.82) is 0 Å². The lowest BCUT2D eigenvalue weighted by atomic mass is 10.0. The van der Waals surface area contributed by atoms with Gasteiger partial charge in [0.1, 0.15) is 28.0 Å². The van der Waals surface area contributed by atoms with Crippen molar-refractivity contribution in [2.24, 2.45) is 5.92 Å². The van der Waals surface area contributed by atoms with Crippen LogP contribution in [0.5, 0.6) is 11.5 Å². The van der Waals surface area contributed by atoms with Gasteiger partial charge in [-0.05, 0) is 55.9 Å². The van der Waals surface area contributed by atoms with Crippen molar-refractivity contribution in [3.05, 3.63) is 36.0 Å². The second kappa shape index (κ2) is 10.0. The van der Waals surface area contributed by atoms with Crippen LogP contribution in [0.15, 0.2) is 35.5 Å². The third kappa shape index (κ3) is 4.28. The predicted molar refractivity (Wildman–Crippen MR) is 132 cm³/mol. The highest BCUT2D eigenvalue weighted by Gasteiger charge is 2.26. The van der Waals surface area contributed by atoms with Crippen LogP contribution in [0.3, 0.4) is 0 Å². The van der Waals surface area contributed by atoms with E-state index in [1.165, 1.54) is 0 Å². The van der Waals surface area contributed by atoms with Gasteiger partial charge in [0.25, 0.3) is 0 Å². The van der Waals surface area contributed by atoms with E-state index in [1.807, 2.05) is 19.1 Å². The van der Waals surface area contributed by atoms with Crippen LogP contribution in [0, 0.1) is 12.8 Å². The SMILES string of the molecule is CCCN(CC1CCOC1)c1c(SC)nc2c(-c3c(OC)cc(C)cc3OC)cccn12. The van der Waals surface area contributed by atoms with Crippen molar-refractivity contribution in [3.63, 3.8) is 0 Å². The van der Waals surface area contributed by atoms with Gasteiger partial charge in [-0.15, -0.1) is 11.8 Å². The normalized spacial score (nSPS) is 16.0. The molecule has 1 fully saturated rings. The number of rotatable bonds is 9. The largest absolute Gasteiger partial charge is 0.496 e. The number of nitrogens with zero attached hydrogens (tertiary/aromatic N) is 3. The maximum Gasteiger partial charge on any atom is 0.147 e. The van der Waals surface area contributed by atoms with Crippen LogP contribution in [0.2, 0.25) is 0 Å². The molecule has 0 aliphatic carbocycles. The molecule has 2 aromatic heterocycles. The van der Waals surface area contributed by atoms with Crippen molar-refractivity contribution in [2.75, 3.05) is 51.7 Å². The van der Waals surface area contributed by atoms with Crippen LogP contribution < -0.4 is 14.4 Å². The molecule has 32 heavy (non-hydrogen) atoms. The number of fused-ring (bicyclic) bond motifs is 1. The summed E-state index contributed by atoms with van der Waals surface area (Å²) >= 11 is 1.69. The van der Waals surface area contributed by atoms with Crippen molar-refractivity contribution in [3.8, 4) is 22.6 Å². The molecule has 172 valence electrons. The first kappa shape index (κ1) is 22.8. The van der Waals surface area contributed by atoms with Gasteiger partial charge < -0.3 is 19.1 Å². The Balaban J connectivity index is 1.89. The average Bonchev–Trinajstić information content (AvgIpc) is 3.45. The number of benzene rings is 1. The first-order chi connectivity index (χ1) is 15.6. The fourth-order valence-electron chi connectivity index (χ4n) is 4.56. The summed E-state index contributed by atoms with van der Waals surface area (Å²) in [6.45, 7) is 7.95. The molecule has 0 radical (unpaired) electrons. The Hall–Kier alpha value is -2.38. The van der Waals surface area contributed by atoms with E-state index in [1.54, 1.807) is 26.0 Å². The van der Waals surface area contributed by atoms with E-state index in [0.717, 1.165) is 83.8 Å². The van der Waals surface area contributed by atoms with E-state index in [0.29, 0.717) is 5.92 Å². The van der Waals surface area contributed by atoms with Crippen LogP contribution in [-0.2, 0) is 4.74 Å². The summed E-state index contributed by atoms with van der Waals surface area (Å²) in [4.78, 5) is 7.59. The number of ether oxygens (including phenoxy) is 3. The van der Waals surface area contributed by atoms with E-state index in [-0.39, 0.29) is 0 Å². The van der Waals surface area contributed by atoms with Gasteiger partial charge in [-0.2, -0.15) is 0 Å². The molecule has 7 heteroatoms. The molecule has 0 N–H and O–H groups in total. The number of pyridine rings is 1. The number of methoxy groups -OCH3 is 2. The highest BCUT2D eigenvalue weighted by molar-refractivity contribution is 7.98. The van der Waals surface area contributed by atoms with E-state index in [9.17, 15) is 0 Å². The van der Waals surface area contributed by atoms with Gasteiger partial charge in [-0.1, -0.05) is 6.92 Å².